The van der Waals surface area contributed by atoms with Crippen LogP contribution in [0, 0.1) is 0 Å². The minimum atomic E-state index is 0.295. The first kappa shape index (κ1) is 10.7. The van der Waals surface area contributed by atoms with Gasteiger partial charge < -0.3 is 5.32 Å². The molecule has 0 aromatic carbocycles. The van der Waals surface area contributed by atoms with Gasteiger partial charge in [-0.2, -0.15) is 0 Å². The maximum absolute atomic E-state index is 4.00. The molecule has 0 aliphatic rings. The van der Waals surface area contributed by atoms with E-state index in [-0.39, 0.29) is 0 Å². The maximum atomic E-state index is 4.00. The summed E-state index contributed by atoms with van der Waals surface area (Å²) in [6.07, 6.45) is 8.78. The van der Waals surface area contributed by atoms with E-state index in [0.717, 1.165) is 12.1 Å². The van der Waals surface area contributed by atoms with Crippen molar-refractivity contribution in [3.05, 3.63) is 54.4 Å². The highest BCUT2D eigenvalue weighted by Crippen LogP contribution is 2.10. The molecule has 0 radical (unpaired) electrons. The monoisotopic (exact) mass is 214 g/mol. The smallest absolute Gasteiger partial charge is 0.115 e. The van der Waals surface area contributed by atoms with Gasteiger partial charge in [-0.15, -0.1) is 0 Å². The summed E-state index contributed by atoms with van der Waals surface area (Å²) in [6, 6.07) is 4.32. The van der Waals surface area contributed by atoms with Crippen molar-refractivity contribution in [3.63, 3.8) is 0 Å². The van der Waals surface area contributed by atoms with E-state index < -0.39 is 0 Å². The zero-order valence-corrected chi connectivity index (χ0v) is 9.17. The van der Waals surface area contributed by atoms with Gasteiger partial charge in [0.15, 0.2) is 0 Å². The topological polar surface area (TPSA) is 50.7 Å². The van der Waals surface area contributed by atoms with E-state index in [0.29, 0.717) is 6.04 Å². The van der Waals surface area contributed by atoms with Crippen LogP contribution in [-0.2, 0) is 6.54 Å². The van der Waals surface area contributed by atoms with Crippen molar-refractivity contribution < 1.29 is 0 Å². The molecule has 0 spiro atoms. The minimum absolute atomic E-state index is 0.295. The highest BCUT2D eigenvalue weighted by atomic mass is 14.9. The van der Waals surface area contributed by atoms with Gasteiger partial charge in [0.2, 0.25) is 0 Å². The molecule has 2 aromatic heterocycles. The molecule has 1 atom stereocenters. The van der Waals surface area contributed by atoms with Gasteiger partial charge in [-0.25, -0.2) is 9.97 Å². The molecule has 0 saturated carbocycles. The summed E-state index contributed by atoms with van der Waals surface area (Å²) in [5, 5.41) is 3.41. The lowest BCUT2D eigenvalue weighted by Gasteiger charge is -2.13. The summed E-state index contributed by atoms with van der Waals surface area (Å²) < 4.78 is 0. The Bertz CT molecular complexity index is 416. The van der Waals surface area contributed by atoms with Crippen LogP contribution in [0.25, 0.3) is 0 Å². The van der Waals surface area contributed by atoms with Gasteiger partial charge >= 0.3 is 0 Å². The molecule has 1 N–H and O–H groups in total. The third kappa shape index (κ3) is 2.84. The van der Waals surface area contributed by atoms with Crippen LogP contribution in [0.1, 0.15) is 24.1 Å². The van der Waals surface area contributed by atoms with Gasteiger partial charge in [-0.05, 0) is 24.6 Å². The van der Waals surface area contributed by atoms with E-state index in [2.05, 4.69) is 27.2 Å². The summed E-state index contributed by atoms with van der Waals surface area (Å²) in [5.74, 6) is 0. The number of aromatic nitrogens is 3. The van der Waals surface area contributed by atoms with Crippen LogP contribution in [0.5, 0.6) is 0 Å². The first-order valence-corrected chi connectivity index (χ1v) is 5.23. The van der Waals surface area contributed by atoms with Crippen molar-refractivity contribution in [1.29, 1.82) is 0 Å². The van der Waals surface area contributed by atoms with Crippen LogP contribution in [0.15, 0.2) is 43.2 Å². The second kappa shape index (κ2) is 5.32. The van der Waals surface area contributed by atoms with E-state index in [1.165, 1.54) is 11.9 Å². The van der Waals surface area contributed by atoms with Gasteiger partial charge in [-0.3, -0.25) is 4.98 Å². The fourth-order valence-corrected chi connectivity index (χ4v) is 1.46. The van der Waals surface area contributed by atoms with Gasteiger partial charge in [0.25, 0.3) is 0 Å². The molecular weight excluding hydrogens is 200 g/mol. The molecule has 2 heterocycles. The third-order valence-electron chi connectivity index (χ3n) is 2.43. The fourth-order valence-electron chi connectivity index (χ4n) is 1.46. The fraction of sp³-hybridized carbons (Fsp3) is 0.250. The lowest BCUT2D eigenvalue weighted by molar-refractivity contribution is 0.572. The first-order valence-electron chi connectivity index (χ1n) is 5.23. The average Bonchev–Trinajstić information content (AvgIpc) is 2.38. The standard InChI is InChI=1S/C12H14N4/c1-10(12-2-4-13-5-3-12)16-8-11-6-14-9-15-7-11/h2-7,9-10,16H,8H2,1H3. The van der Waals surface area contributed by atoms with Gasteiger partial charge in [0, 0.05) is 42.9 Å². The molecule has 82 valence electrons. The third-order valence-corrected chi connectivity index (χ3v) is 2.43. The van der Waals surface area contributed by atoms with E-state index >= 15 is 0 Å². The lowest BCUT2D eigenvalue weighted by atomic mass is 10.1. The number of rotatable bonds is 4. The number of pyridine rings is 1. The van der Waals surface area contributed by atoms with Crippen molar-refractivity contribution in [2.45, 2.75) is 19.5 Å². The van der Waals surface area contributed by atoms with E-state index in [9.17, 15) is 0 Å². The van der Waals surface area contributed by atoms with Gasteiger partial charge in [0.05, 0.1) is 0 Å². The highest BCUT2D eigenvalue weighted by molar-refractivity contribution is 5.14. The Hall–Kier alpha value is -1.81. The van der Waals surface area contributed by atoms with Gasteiger partial charge in [-0.1, -0.05) is 0 Å². The molecule has 2 aromatic rings. The highest BCUT2D eigenvalue weighted by Gasteiger charge is 2.03. The predicted octanol–water partition coefficient (Wildman–Crippen LogP) is 1.72. The quantitative estimate of drug-likeness (QED) is 0.842. The Morgan fingerprint density at radius 2 is 1.81 bits per heavy atom. The Kier molecular flexibility index (Phi) is 3.56. The van der Waals surface area contributed by atoms with Crippen molar-refractivity contribution in [2.24, 2.45) is 0 Å². The van der Waals surface area contributed by atoms with Crippen LogP contribution in [0.4, 0.5) is 0 Å². The number of hydrogen-bond donors (Lipinski definition) is 1. The molecule has 0 saturated heterocycles. The Morgan fingerprint density at radius 3 is 2.50 bits per heavy atom. The molecule has 4 heteroatoms. The van der Waals surface area contributed by atoms with Gasteiger partial charge in [0.1, 0.15) is 6.33 Å². The molecule has 0 fully saturated rings. The molecule has 16 heavy (non-hydrogen) atoms. The van der Waals surface area contributed by atoms with Crippen LogP contribution < -0.4 is 5.32 Å². The molecule has 2 rings (SSSR count). The zero-order chi connectivity index (χ0) is 11.2. The molecule has 4 nitrogen and oxygen atoms in total. The summed E-state index contributed by atoms with van der Waals surface area (Å²) in [5.41, 5.74) is 2.32. The Balaban J connectivity index is 1.92. The van der Waals surface area contributed by atoms with Crippen LogP contribution in [0.3, 0.4) is 0 Å². The summed E-state index contributed by atoms with van der Waals surface area (Å²) in [4.78, 5) is 11.9. The molecule has 1 unspecified atom stereocenters. The molecule has 0 bridgehead atoms. The van der Waals surface area contributed by atoms with Crippen molar-refractivity contribution >= 4 is 0 Å². The number of hydrogen-bond acceptors (Lipinski definition) is 4. The zero-order valence-electron chi connectivity index (χ0n) is 9.17. The van der Waals surface area contributed by atoms with Crippen LogP contribution >= 0.6 is 0 Å². The minimum Gasteiger partial charge on any atom is -0.306 e. The van der Waals surface area contributed by atoms with Crippen molar-refractivity contribution in [2.75, 3.05) is 0 Å². The Labute approximate surface area is 94.8 Å². The Morgan fingerprint density at radius 1 is 1.12 bits per heavy atom. The second-order valence-corrected chi connectivity index (χ2v) is 3.63. The number of nitrogens with one attached hydrogen (secondary N) is 1. The van der Waals surface area contributed by atoms with Crippen molar-refractivity contribution in [1.82, 2.24) is 20.3 Å². The summed E-state index contributed by atoms with van der Waals surface area (Å²) >= 11 is 0. The van der Waals surface area contributed by atoms with E-state index in [1.54, 1.807) is 12.4 Å². The summed E-state index contributed by atoms with van der Waals surface area (Å²) in [7, 11) is 0. The first-order chi connectivity index (χ1) is 7.86. The van der Waals surface area contributed by atoms with Crippen LogP contribution in [-0.4, -0.2) is 15.0 Å². The average molecular weight is 214 g/mol. The normalized spacial score (nSPS) is 12.3. The van der Waals surface area contributed by atoms with E-state index in [4.69, 9.17) is 0 Å². The van der Waals surface area contributed by atoms with Crippen molar-refractivity contribution in [3.8, 4) is 0 Å². The second-order valence-electron chi connectivity index (χ2n) is 3.63. The maximum Gasteiger partial charge on any atom is 0.115 e. The molecular formula is C12H14N4. The van der Waals surface area contributed by atoms with E-state index in [1.807, 2.05) is 24.5 Å². The SMILES string of the molecule is CC(NCc1cncnc1)c1ccncc1. The molecule has 0 aliphatic heterocycles. The van der Waals surface area contributed by atoms with Crippen LogP contribution in [0.2, 0.25) is 0 Å². The number of nitrogens with zero attached hydrogens (tertiary/aromatic N) is 3. The molecule has 0 aliphatic carbocycles. The lowest BCUT2D eigenvalue weighted by Crippen LogP contribution is -2.18. The summed E-state index contributed by atoms with van der Waals surface area (Å²) in [6.45, 7) is 2.89. The predicted molar refractivity (Wildman–Crippen MR) is 61.5 cm³/mol. The molecule has 0 amide bonds. The largest absolute Gasteiger partial charge is 0.306 e.